The molecule has 5 heteroatoms. The Morgan fingerprint density at radius 2 is 1.91 bits per heavy atom. The van der Waals surface area contributed by atoms with Crippen molar-refractivity contribution in [1.82, 2.24) is 10.2 Å². The summed E-state index contributed by atoms with van der Waals surface area (Å²) in [5.41, 5.74) is 2.20. The quantitative estimate of drug-likeness (QED) is 0.890. The van der Waals surface area contributed by atoms with Gasteiger partial charge in [-0.2, -0.15) is 0 Å². The lowest BCUT2D eigenvalue weighted by Crippen LogP contribution is -2.39. The first-order valence-electron chi connectivity index (χ1n) is 7.15. The van der Waals surface area contributed by atoms with E-state index >= 15 is 0 Å². The number of nitrogens with zero attached hydrogens (tertiary/aromatic N) is 1. The zero-order valence-corrected chi connectivity index (χ0v) is 12.8. The lowest BCUT2D eigenvalue weighted by atomic mass is 10.1. The van der Waals surface area contributed by atoms with Crippen molar-refractivity contribution in [3.05, 3.63) is 59.5 Å². The molecule has 2 aromatic rings. The molecular formula is C17H20N2O3. The summed E-state index contributed by atoms with van der Waals surface area (Å²) in [7, 11) is 0. The maximum absolute atomic E-state index is 12.0. The molecule has 0 atom stereocenters. The Bertz CT molecular complexity index is 618. The molecule has 2 amide bonds. The van der Waals surface area contributed by atoms with Crippen molar-refractivity contribution in [2.75, 3.05) is 6.54 Å². The summed E-state index contributed by atoms with van der Waals surface area (Å²) in [5, 5.41) is 2.82. The predicted octanol–water partition coefficient (Wildman–Crippen LogP) is 2.25. The number of benzene rings is 1. The molecule has 0 aliphatic rings. The van der Waals surface area contributed by atoms with Gasteiger partial charge in [-0.15, -0.1) is 0 Å². The average Bonchev–Trinajstić information content (AvgIpc) is 2.99. The monoisotopic (exact) mass is 300 g/mol. The third kappa shape index (κ3) is 4.77. The second-order valence-electron chi connectivity index (χ2n) is 5.22. The first kappa shape index (κ1) is 15.8. The van der Waals surface area contributed by atoms with E-state index in [2.05, 4.69) is 5.32 Å². The van der Waals surface area contributed by atoms with Crippen LogP contribution in [0.3, 0.4) is 0 Å². The highest BCUT2D eigenvalue weighted by Crippen LogP contribution is 2.06. The minimum absolute atomic E-state index is 0.0158. The third-order valence-corrected chi connectivity index (χ3v) is 3.32. The number of aryl methyl sites for hydroxylation is 1. The molecule has 1 heterocycles. The molecule has 1 N–H and O–H groups in total. The van der Waals surface area contributed by atoms with Crippen LogP contribution in [0.25, 0.3) is 0 Å². The largest absolute Gasteiger partial charge is 0.467 e. The summed E-state index contributed by atoms with van der Waals surface area (Å²) in [6, 6.07) is 11.5. The van der Waals surface area contributed by atoms with Gasteiger partial charge in [-0.05, 0) is 24.6 Å². The Hall–Kier alpha value is -2.56. The summed E-state index contributed by atoms with van der Waals surface area (Å²) in [6.45, 7) is 4.21. The van der Waals surface area contributed by atoms with Crippen molar-refractivity contribution >= 4 is 11.8 Å². The Labute approximate surface area is 129 Å². The lowest BCUT2D eigenvalue weighted by molar-refractivity contribution is -0.135. The van der Waals surface area contributed by atoms with Crippen molar-refractivity contribution in [2.24, 2.45) is 0 Å². The molecule has 0 aliphatic heterocycles. The molecule has 0 saturated heterocycles. The van der Waals surface area contributed by atoms with E-state index in [0.717, 1.165) is 5.56 Å². The van der Waals surface area contributed by atoms with Crippen molar-refractivity contribution in [1.29, 1.82) is 0 Å². The second kappa shape index (κ2) is 7.45. The van der Waals surface area contributed by atoms with E-state index in [1.54, 1.807) is 18.4 Å². The first-order valence-corrected chi connectivity index (χ1v) is 7.15. The minimum atomic E-state index is -0.192. The van der Waals surface area contributed by atoms with Crippen LogP contribution in [-0.4, -0.2) is 23.3 Å². The summed E-state index contributed by atoms with van der Waals surface area (Å²) < 4.78 is 5.21. The molecule has 1 aromatic carbocycles. The molecule has 0 bridgehead atoms. The van der Waals surface area contributed by atoms with E-state index in [1.165, 1.54) is 17.4 Å². The second-order valence-corrected chi connectivity index (χ2v) is 5.22. The van der Waals surface area contributed by atoms with Gasteiger partial charge < -0.3 is 14.6 Å². The van der Waals surface area contributed by atoms with Gasteiger partial charge in [0.2, 0.25) is 11.8 Å². The fourth-order valence-electron chi connectivity index (χ4n) is 2.01. The molecule has 0 saturated carbocycles. The van der Waals surface area contributed by atoms with Crippen LogP contribution < -0.4 is 5.32 Å². The summed E-state index contributed by atoms with van der Waals surface area (Å²) in [5.74, 6) is 0.297. The van der Waals surface area contributed by atoms with Crippen molar-refractivity contribution in [3.8, 4) is 0 Å². The zero-order valence-electron chi connectivity index (χ0n) is 12.8. The third-order valence-electron chi connectivity index (χ3n) is 3.32. The van der Waals surface area contributed by atoms with Gasteiger partial charge in [0.25, 0.3) is 0 Å². The number of nitrogens with one attached hydrogen (secondary N) is 1. The zero-order chi connectivity index (χ0) is 15.9. The Morgan fingerprint density at radius 3 is 2.50 bits per heavy atom. The highest BCUT2D eigenvalue weighted by atomic mass is 16.3. The number of carbonyl (C=O) groups excluding carboxylic acids is 2. The average molecular weight is 300 g/mol. The number of carbonyl (C=O) groups is 2. The molecule has 0 radical (unpaired) electrons. The van der Waals surface area contributed by atoms with E-state index in [0.29, 0.717) is 18.8 Å². The normalized spacial score (nSPS) is 10.3. The van der Waals surface area contributed by atoms with Crippen LogP contribution >= 0.6 is 0 Å². The summed E-state index contributed by atoms with van der Waals surface area (Å²) >= 11 is 0. The van der Waals surface area contributed by atoms with Gasteiger partial charge in [-0.1, -0.05) is 29.8 Å². The van der Waals surface area contributed by atoms with E-state index < -0.39 is 0 Å². The van der Waals surface area contributed by atoms with Crippen molar-refractivity contribution in [2.45, 2.75) is 26.9 Å². The lowest BCUT2D eigenvalue weighted by Gasteiger charge is -2.19. The molecule has 5 nitrogen and oxygen atoms in total. The van der Waals surface area contributed by atoms with Gasteiger partial charge in [0.1, 0.15) is 5.76 Å². The van der Waals surface area contributed by atoms with E-state index in [4.69, 9.17) is 4.42 Å². The highest BCUT2D eigenvalue weighted by Gasteiger charge is 2.15. The first-order chi connectivity index (χ1) is 10.5. The fourth-order valence-corrected chi connectivity index (χ4v) is 2.01. The Morgan fingerprint density at radius 1 is 1.18 bits per heavy atom. The van der Waals surface area contributed by atoms with Gasteiger partial charge in [0.15, 0.2) is 0 Å². The van der Waals surface area contributed by atoms with E-state index in [9.17, 15) is 9.59 Å². The van der Waals surface area contributed by atoms with Gasteiger partial charge in [0.05, 0.1) is 19.4 Å². The topological polar surface area (TPSA) is 62.6 Å². The van der Waals surface area contributed by atoms with Crippen LogP contribution in [0.15, 0.2) is 47.1 Å². The minimum Gasteiger partial charge on any atom is -0.467 e. The van der Waals surface area contributed by atoms with E-state index in [-0.39, 0.29) is 18.4 Å². The van der Waals surface area contributed by atoms with Crippen LogP contribution in [0.1, 0.15) is 23.8 Å². The molecule has 2 rings (SSSR count). The number of amides is 2. The standard InChI is InChI=1S/C17H20N2O3/c1-13-5-7-15(8-6-13)10-18-17(21)12-19(14(2)20)11-16-4-3-9-22-16/h3-9H,10-12H2,1-2H3,(H,18,21). The molecule has 0 fully saturated rings. The Kier molecular flexibility index (Phi) is 5.36. The fraction of sp³-hybridized carbons (Fsp3) is 0.294. The number of hydrogen-bond acceptors (Lipinski definition) is 3. The van der Waals surface area contributed by atoms with Crippen LogP contribution in [-0.2, 0) is 22.7 Å². The molecule has 0 spiro atoms. The maximum atomic E-state index is 12.0. The number of furan rings is 1. The van der Waals surface area contributed by atoms with Gasteiger partial charge >= 0.3 is 0 Å². The molecule has 22 heavy (non-hydrogen) atoms. The van der Waals surface area contributed by atoms with Crippen molar-refractivity contribution < 1.29 is 14.0 Å². The van der Waals surface area contributed by atoms with E-state index in [1.807, 2.05) is 31.2 Å². The highest BCUT2D eigenvalue weighted by molar-refractivity contribution is 5.83. The van der Waals surface area contributed by atoms with Crippen molar-refractivity contribution in [3.63, 3.8) is 0 Å². The SMILES string of the molecule is CC(=O)N(CC(=O)NCc1ccc(C)cc1)Cc1ccco1. The van der Waals surface area contributed by atoms with Gasteiger partial charge in [0, 0.05) is 13.5 Å². The van der Waals surface area contributed by atoms with Gasteiger partial charge in [-0.25, -0.2) is 0 Å². The molecular weight excluding hydrogens is 280 g/mol. The number of rotatable bonds is 6. The number of hydrogen-bond donors (Lipinski definition) is 1. The van der Waals surface area contributed by atoms with Crippen LogP contribution in [0.2, 0.25) is 0 Å². The maximum Gasteiger partial charge on any atom is 0.239 e. The van der Waals surface area contributed by atoms with Crippen LogP contribution in [0.4, 0.5) is 0 Å². The molecule has 116 valence electrons. The predicted molar refractivity (Wildman–Crippen MR) is 82.8 cm³/mol. The summed E-state index contributed by atoms with van der Waals surface area (Å²) in [6.07, 6.45) is 1.55. The molecule has 1 aromatic heterocycles. The van der Waals surface area contributed by atoms with Gasteiger partial charge in [-0.3, -0.25) is 9.59 Å². The Balaban J connectivity index is 1.85. The van der Waals surface area contributed by atoms with Crippen LogP contribution in [0, 0.1) is 6.92 Å². The van der Waals surface area contributed by atoms with Crippen LogP contribution in [0.5, 0.6) is 0 Å². The smallest absolute Gasteiger partial charge is 0.239 e. The summed E-state index contributed by atoms with van der Waals surface area (Å²) in [4.78, 5) is 25.1. The molecule has 0 unspecified atom stereocenters. The molecule has 0 aliphatic carbocycles.